The monoisotopic (exact) mass is 585 g/mol. The molecule has 11 rings (SSSR count). The third kappa shape index (κ3) is 3.17. The molecule has 10 aromatic rings. The minimum atomic E-state index is 0.861. The van der Waals surface area contributed by atoms with Gasteiger partial charge in [0.15, 0.2) is 5.82 Å². The van der Waals surface area contributed by atoms with Crippen LogP contribution in [0.4, 0.5) is 0 Å². The summed E-state index contributed by atoms with van der Waals surface area (Å²) in [5.74, 6) is 0.861. The van der Waals surface area contributed by atoms with Crippen LogP contribution in [-0.2, 0) is 0 Å². The van der Waals surface area contributed by atoms with Crippen LogP contribution in [0.5, 0.6) is 0 Å². The largest absolute Gasteiger partial charge is 0.456 e. The van der Waals surface area contributed by atoms with Gasteiger partial charge in [-0.2, -0.15) is 0 Å². The van der Waals surface area contributed by atoms with E-state index >= 15 is 0 Å². The Labute approximate surface area is 262 Å². The topological polar surface area (TPSA) is 43.9 Å². The second kappa shape index (κ2) is 8.68. The van der Waals surface area contributed by atoms with E-state index in [0.29, 0.717) is 0 Å². The van der Waals surface area contributed by atoms with Crippen molar-refractivity contribution in [3.63, 3.8) is 0 Å². The van der Waals surface area contributed by atoms with Gasteiger partial charge in [0.1, 0.15) is 16.9 Å². The van der Waals surface area contributed by atoms with Crippen molar-refractivity contribution in [2.45, 2.75) is 0 Å². The van der Waals surface area contributed by atoms with Gasteiger partial charge in [0.05, 0.1) is 22.1 Å². The van der Waals surface area contributed by atoms with E-state index < -0.39 is 0 Å². The zero-order valence-electron chi connectivity index (χ0n) is 24.5. The molecule has 4 heterocycles. The first-order chi connectivity index (χ1) is 22.8. The molecule has 0 saturated heterocycles. The molecular formula is C42H23N3O. The fourth-order valence-electron chi connectivity index (χ4n) is 7.58. The molecule has 0 aliphatic carbocycles. The Morgan fingerprint density at radius 3 is 2.07 bits per heavy atom. The molecule has 46 heavy (non-hydrogen) atoms. The highest BCUT2D eigenvalue weighted by Gasteiger charge is 2.27. The van der Waals surface area contributed by atoms with Crippen molar-refractivity contribution in [1.29, 1.82) is 0 Å². The van der Waals surface area contributed by atoms with Crippen LogP contribution in [0.2, 0.25) is 0 Å². The smallest absolute Gasteiger partial charge is 0.165 e. The third-order valence-electron chi connectivity index (χ3n) is 9.68. The Hall–Kier alpha value is -6.26. The van der Waals surface area contributed by atoms with Crippen molar-refractivity contribution >= 4 is 65.6 Å². The molecule has 0 amide bonds. The second-order valence-electron chi connectivity index (χ2n) is 12.2. The molecule has 0 fully saturated rings. The lowest BCUT2D eigenvalue weighted by molar-refractivity contribution is 0.669. The van der Waals surface area contributed by atoms with Crippen molar-refractivity contribution in [2.75, 3.05) is 0 Å². The van der Waals surface area contributed by atoms with Crippen molar-refractivity contribution in [3.8, 4) is 39.3 Å². The fourth-order valence-corrected chi connectivity index (χ4v) is 7.58. The number of benzene rings is 7. The number of aromatic nitrogens is 3. The summed E-state index contributed by atoms with van der Waals surface area (Å²) in [7, 11) is 0. The summed E-state index contributed by atoms with van der Waals surface area (Å²) < 4.78 is 8.81. The first-order valence-corrected chi connectivity index (χ1v) is 15.6. The average molecular weight is 586 g/mol. The number of nitrogens with zero attached hydrogens (tertiary/aromatic N) is 3. The maximum atomic E-state index is 6.49. The lowest BCUT2D eigenvalue weighted by Crippen LogP contribution is -2.02. The van der Waals surface area contributed by atoms with Crippen molar-refractivity contribution in [1.82, 2.24) is 14.5 Å². The molecular weight excluding hydrogens is 562 g/mol. The van der Waals surface area contributed by atoms with Gasteiger partial charge in [-0.15, -0.1) is 0 Å². The molecule has 1 aliphatic rings. The maximum Gasteiger partial charge on any atom is 0.165 e. The Kier molecular flexibility index (Phi) is 4.55. The van der Waals surface area contributed by atoms with Crippen molar-refractivity contribution in [3.05, 3.63) is 140 Å². The molecule has 1 aliphatic heterocycles. The first-order valence-electron chi connectivity index (χ1n) is 15.6. The van der Waals surface area contributed by atoms with Gasteiger partial charge in [-0.05, 0) is 82.1 Å². The third-order valence-corrected chi connectivity index (χ3v) is 9.68. The van der Waals surface area contributed by atoms with Gasteiger partial charge >= 0.3 is 0 Å². The van der Waals surface area contributed by atoms with E-state index in [1.165, 1.54) is 27.1 Å². The number of para-hydroxylation sites is 3. The SMILES string of the molecule is c1ccc2c(c1)-c1nc3ccccc3nc1-n1c3ccccc3c3cc(-c4ccc5c(c4)oc4cc6ccccc6cc45)cc-2c31. The van der Waals surface area contributed by atoms with Gasteiger partial charge in [0, 0.05) is 32.7 Å². The molecule has 3 aromatic heterocycles. The van der Waals surface area contributed by atoms with E-state index in [9.17, 15) is 0 Å². The molecule has 0 unspecified atom stereocenters. The molecule has 4 nitrogen and oxygen atoms in total. The molecule has 4 heteroatoms. The van der Waals surface area contributed by atoms with Crippen LogP contribution in [0.3, 0.4) is 0 Å². The number of fused-ring (bicyclic) bond motifs is 13. The Bertz CT molecular complexity index is 2930. The van der Waals surface area contributed by atoms with E-state index in [0.717, 1.165) is 77.8 Å². The molecule has 0 radical (unpaired) electrons. The summed E-state index contributed by atoms with van der Waals surface area (Å²) in [6.45, 7) is 0. The molecule has 0 spiro atoms. The Morgan fingerprint density at radius 2 is 1.17 bits per heavy atom. The summed E-state index contributed by atoms with van der Waals surface area (Å²) in [5.41, 5.74) is 12.4. The zero-order valence-corrected chi connectivity index (χ0v) is 24.5. The van der Waals surface area contributed by atoms with Gasteiger partial charge in [0.2, 0.25) is 0 Å². The van der Waals surface area contributed by atoms with Crippen LogP contribution >= 0.6 is 0 Å². The van der Waals surface area contributed by atoms with Crippen LogP contribution in [-0.4, -0.2) is 14.5 Å². The summed E-state index contributed by atoms with van der Waals surface area (Å²) in [6, 6.07) is 49.5. The highest BCUT2D eigenvalue weighted by molar-refractivity contribution is 6.18. The fraction of sp³-hybridized carbons (Fsp3) is 0. The standard InChI is InChI=1S/C42H23N3O/c1-2-10-25-22-39-32(19-24(25)9-1)30-18-17-26(23-38(30)46-39)27-20-33-28-11-3-4-13-31(28)40-42(44-36-15-7-6-14-35(36)43-40)45-37-16-8-5-12-29(37)34(21-27)41(33)45/h1-23H. The zero-order chi connectivity index (χ0) is 29.9. The van der Waals surface area contributed by atoms with E-state index in [-0.39, 0.29) is 0 Å². The summed E-state index contributed by atoms with van der Waals surface area (Å²) in [6.07, 6.45) is 0. The van der Waals surface area contributed by atoms with E-state index in [1.54, 1.807) is 0 Å². The highest BCUT2D eigenvalue weighted by Crippen LogP contribution is 2.47. The van der Waals surface area contributed by atoms with E-state index in [4.69, 9.17) is 14.4 Å². The summed E-state index contributed by atoms with van der Waals surface area (Å²) in [5, 5.41) is 7.06. The van der Waals surface area contributed by atoms with Gasteiger partial charge in [-0.1, -0.05) is 84.9 Å². The number of hydrogen-bond donors (Lipinski definition) is 0. The van der Waals surface area contributed by atoms with Gasteiger partial charge < -0.3 is 4.42 Å². The number of rotatable bonds is 1. The summed E-state index contributed by atoms with van der Waals surface area (Å²) in [4.78, 5) is 10.5. The molecule has 7 aromatic carbocycles. The highest BCUT2D eigenvalue weighted by atomic mass is 16.3. The van der Waals surface area contributed by atoms with Crippen LogP contribution in [0.25, 0.3) is 105 Å². The van der Waals surface area contributed by atoms with Crippen LogP contribution in [0.15, 0.2) is 144 Å². The van der Waals surface area contributed by atoms with Gasteiger partial charge in [-0.3, -0.25) is 4.57 Å². The molecule has 0 atom stereocenters. The van der Waals surface area contributed by atoms with Crippen LogP contribution in [0.1, 0.15) is 0 Å². The van der Waals surface area contributed by atoms with Gasteiger partial charge in [0.25, 0.3) is 0 Å². The Morgan fingerprint density at radius 1 is 0.457 bits per heavy atom. The molecule has 0 saturated carbocycles. The van der Waals surface area contributed by atoms with E-state index in [1.807, 2.05) is 24.3 Å². The first kappa shape index (κ1) is 24.1. The lowest BCUT2D eigenvalue weighted by Gasteiger charge is -2.12. The van der Waals surface area contributed by atoms with Crippen LogP contribution in [0, 0.1) is 0 Å². The Balaban J connectivity index is 1.23. The minimum absolute atomic E-state index is 0.861. The van der Waals surface area contributed by atoms with Crippen molar-refractivity contribution < 1.29 is 4.42 Å². The van der Waals surface area contributed by atoms with E-state index in [2.05, 4.69) is 120 Å². The average Bonchev–Trinajstić information content (AvgIpc) is 3.60. The predicted octanol–water partition coefficient (Wildman–Crippen LogP) is 11.1. The quantitative estimate of drug-likeness (QED) is 0.192. The predicted molar refractivity (Wildman–Crippen MR) is 189 cm³/mol. The minimum Gasteiger partial charge on any atom is -0.456 e. The summed E-state index contributed by atoms with van der Waals surface area (Å²) >= 11 is 0. The molecule has 212 valence electrons. The maximum absolute atomic E-state index is 6.49. The lowest BCUT2D eigenvalue weighted by atomic mass is 9.92. The number of furan rings is 1. The number of hydrogen-bond acceptors (Lipinski definition) is 3. The van der Waals surface area contributed by atoms with Gasteiger partial charge in [-0.25, -0.2) is 9.97 Å². The van der Waals surface area contributed by atoms with Crippen molar-refractivity contribution in [2.24, 2.45) is 0 Å². The second-order valence-corrected chi connectivity index (χ2v) is 12.2. The van der Waals surface area contributed by atoms with Crippen LogP contribution < -0.4 is 0 Å². The molecule has 0 N–H and O–H groups in total. The normalized spacial score (nSPS) is 12.3. The molecule has 0 bridgehead atoms.